The van der Waals surface area contributed by atoms with Gasteiger partial charge in [0.2, 0.25) is 0 Å². The molecule has 1 fully saturated rings. The van der Waals surface area contributed by atoms with Crippen LogP contribution in [0, 0.1) is 0 Å². The molecule has 7 nitrogen and oxygen atoms in total. The van der Waals surface area contributed by atoms with Crippen molar-refractivity contribution in [2.24, 2.45) is 0 Å². The fourth-order valence-electron chi connectivity index (χ4n) is 2.93. The molecule has 0 radical (unpaired) electrons. The number of hydrogen-bond acceptors (Lipinski definition) is 6. The molecule has 1 aliphatic heterocycles. The van der Waals surface area contributed by atoms with Gasteiger partial charge in [-0.2, -0.15) is 0 Å². The predicted molar refractivity (Wildman–Crippen MR) is 111 cm³/mol. The number of ether oxygens (including phenoxy) is 1. The minimum atomic E-state index is -2.75. The summed E-state index contributed by atoms with van der Waals surface area (Å²) in [4.78, 5) is 34.0. The van der Waals surface area contributed by atoms with Gasteiger partial charge in [-0.15, -0.1) is 0 Å². The van der Waals surface area contributed by atoms with Crippen LogP contribution in [0.25, 0.3) is 11.3 Å². The van der Waals surface area contributed by atoms with Crippen LogP contribution in [-0.2, 0) is 4.74 Å². The molecule has 0 bridgehead atoms. The minimum absolute atomic E-state index is 0.0230. The van der Waals surface area contributed by atoms with Crippen molar-refractivity contribution in [2.45, 2.75) is 45.1 Å². The van der Waals surface area contributed by atoms with Crippen LogP contribution in [0.15, 0.2) is 30.5 Å². The van der Waals surface area contributed by atoms with E-state index in [1.807, 2.05) is 0 Å². The molecule has 1 saturated heterocycles. The number of halogens is 3. The Labute approximate surface area is 183 Å². The Balaban J connectivity index is 1.91. The number of carbonyl (C=O) groups excluding carboxylic acids is 2. The fourth-order valence-corrected chi connectivity index (χ4v) is 3.05. The maximum Gasteiger partial charge on any atom is 0.359 e. The summed E-state index contributed by atoms with van der Waals surface area (Å²) in [5.41, 5.74) is 2.22. The number of alkyl halides is 2. The second-order valence-corrected chi connectivity index (χ2v) is 8.68. The van der Waals surface area contributed by atoms with E-state index in [9.17, 15) is 18.4 Å². The van der Waals surface area contributed by atoms with Gasteiger partial charge in [0.1, 0.15) is 5.60 Å². The highest BCUT2D eigenvalue weighted by Gasteiger charge is 2.35. The Morgan fingerprint density at radius 1 is 1.13 bits per heavy atom. The summed E-state index contributed by atoms with van der Waals surface area (Å²) in [6.45, 7) is 5.02. The third-order valence-corrected chi connectivity index (χ3v) is 4.73. The van der Waals surface area contributed by atoms with Crippen molar-refractivity contribution in [1.29, 1.82) is 0 Å². The molecule has 2 aromatic rings. The number of nitrogens with one attached hydrogen (secondary N) is 1. The summed E-state index contributed by atoms with van der Waals surface area (Å²) < 4.78 is 32.1. The Hall–Kier alpha value is -2.65. The number of piperidine rings is 1. The van der Waals surface area contributed by atoms with E-state index in [4.69, 9.17) is 16.3 Å². The van der Waals surface area contributed by atoms with Crippen LogP contribution in [0.5, 0.6) is 0 Å². The first-order valence-electron chi connectivity index (χ1n) is 9.74. The molecule has 1 aromatic carbocycles. The zero-order chi connectivity index (χ0) is 22.8. The summed E-state index contributed by atoms with van der Waals surface area (Å²) in [5.74, 6) is -4.29. The lowest BCUT2D eigenvalue weighted by Crippen LogP contribution is -2.49. The number of hydrazine groups is 1. The normalized spacial score (nSPS) is 16.6. The first-order valence-corrected chi connectivity index (χ1v) is 10.1. The predicted octanol–water partition coefficient (Wildman–Crippen LogP) is 4.13. The molecule has 1 amide bonds. The molecule has 2 heterocycles. The van der Waals surface area contributed by atoms with Gasteiger partial charge in [-0.05, 0) is 32.9 Å². The molecule has 166 valence electrons. The van der Waals surface area contributed by atoms with Crippen molar-refractivity contribution >= 4 is 23.5 Å². The van der Waals surface area contributed by atoms with E-state index in [1.165, 1.54) is 11.2 Å². The molecule has 0 saturated carbocycles. The molecule has 1 N–H and O–H groups in total. The number of nitrogens with zero attached hydrogens (tertiary/aromatic N) is 3. The Morgan fingerprint density at radius 2 is 1.74 bits per heavy atom. The van der Waals surface area contributed by atoms with Gasteiger partial charge in [0.15, 0.2) is 11.4 Å². The third kappa shape index (κ3) is 6.18. The molecule has 0 atom stereocenters. The summed E-state index contributed by atoms with van der Waals surface area (Å²) >= 11 is 5.92. The summed E-state index contributed by atoms with van der Waals surface area (Å²) in [7, 11) is 0. The summed E-state index contributed by atoms with van der Waals surface area (Å²) in [6, 6.07) is 6.73. The van der Waals surface area contributed by atoms with E-state index in [-0.39, 0.29) is 37.3 Å². The molecular formula is C21H23ClF2N4O3. The lowest BCUT2D eigenvalue weighted by molar-refractivity contribution is -0.0631. The van der Waals surface area contributed by atoms with E-state index in [2.05, 4.69) is 15.4 Å². The highest BCUT2D eigenvalue weighted by atomic mass is 35.5. The van der Waals surface area contributed by atoms with Crippen molar-refractivity contribution < 1.29 is 23.1 Å². The lowest BCUT2D eigenvalue weighted by Gasteiger charge is -2.31. The van der Waals surface area contributed by atoms with Crippen LogP contribution in [0.2, 0.25) is 5.02 Å². The van der Waals surface area contributed by atoms with Crippen molar-refractivity contribution in [2.75, 3.05) is 13.1 Å². The molecule has 0 aliphatic carbocycles. The van der Waals surface area contributed by atoms with Crippen molar-refractivity contribution in [1.82, 2.24) is 20.4 Å². The van der Waals surface area contributed by atoms with Crippen LogP contribution in [0.3, 0.4) is 0 Å². The number of amides is 1. The quantitative estimate of drug-likeness (QED) is 0.702. The van der Waals surface area contributed by atoms with Gasteiger partial charge in [0.05, 0.1) is 11.9 Å². The first-order chi connectivity index (χ1) is 14.4. The number of benzene rings is 1. The molecule has 3 rings (SSSR count). The molecule has 0 unspecified atom stereocenters. The number of aromatic nitrogens is 2. The average Bonchev–Trinajstić information content (AvgIpc) is 2.68. The van der Waals surface area contributed by atoms with E-state index in [1.54, 1.807) is 45.0 Å². The van der Waals surface area contributed by atoms with Crippen LogP contribution in [-0.4, -0.2) is 51.5 Å². The molecule has 1 aromatic heterocycles. The maximum atomic E-state index is 13.4. The van der Waals surface area contributed by atoms with Gasteiger partial charge in [-0.25, -0.2) is 28.6 Å². The fraction of sp³-hybridized carbons (Fsp3) is 0.429. The topological polar surface area (TPSA) is 84.4 Å². The highest BCUT2D eigenvalue weighted by Crippen LogP contribution is 2.27. The summed E-state index contributed by atoms with van der Waals surface area (Å²) in [5, 5.41) is 1.91. The Kier molecular flexibility index (Phi) is 6.56. The molecule has 31 heavy (non-hydrogen) atoms. The average molecular weight is 453 g/mol. The highest BCUT2D eigenvalue weighted by molar-refractivity contribution is 6.30. The van der Waals surface area contributed by atoms with Gasteiger partial charge >= 0.3 is 5.97 Å². The van der Waals surface area contributed by atoms with Gasteiger partial charge in [-0.1, -0.05) is 23.7 Å². The van der Waals surface area contributed by atoms with E-state index >= 15 is 0 Å². The second kappa shape index (κ2) is 8.84. The van der Waals surface area contributed by atoms with Crippen LogP contribution in [0.4, 0.5) is 8.78 Å². The third-order valence-electron chi connectivity index (χ3n) is 4.47. The van der Waals surface area contributed by atoms with E-state index in [0.717, 1.165) is 0 Å². The van der Waals surface area contributed by atoms with Crippen molar-refractivity contribution in [3.05, 3.63) is 46.9 Å². The van der Waals surface area contributed by atoms with Crippen LogP contribution in [0.1, 0.15) is 54.6 Å². The monoisotopic (exact) mass is 452 g/mol. The minimum Gasteiger partial charge on any atom is -0.455 e. The molecule has 10 heteroatoms. The lowest BCUT2D eigenvalue weighted by atomic mass is 10.1. The largest absolute Gasteiger partial charge is 0.455 e. The van der Waals surface area contributed by atoms with Gasteiger partial charge < -0.3 is 4.74 Å². The number of rotatable bonds is 4. The zero-order valence-corrected chi connectivity index (χ0v) is 18.2. The van der Waals surface area contributed by atoms with E-state index < -0.39 is 23.4 Å². The molecule has 1 aliphatic rings. The SMILES string of the molecule is CC(C)(C)OC(=O)c1ncc(-c2ccc(Cl)cc2)nc1C(=O)NN1CCC(F)(F)CC1. The zero-order valence-electron chi connectivity index (χ0n) is 17.4. The summed E-state index contributed by atoms with van der Waals surface area (Å²) in [6.07, 6.45) is 0.617. The maximum absolute atomic E-state index is 13.4. The standard InChI is InChI=1S/C21H23ClF2N4O3/c1-20(2,3)31-19(30)17-16(18(29)27-28-10-8-21(23,24)9-11-28)26-15(12-25-17)13-4-6-14(22)7-5-13/h4-7,12H,8-11H2,1-3H3,(H,27,29). The smallest absolute Gasteiger partial charge is 0.359 e. The van der Waals surface area contributed by atoms with Crippen molar-refractivity contribution in [3.8, 4) is 11.3 Å². The molecular weight excluding hydrogens is 430 g/mol. The van der Waals surface area contributed by atoms with Crippen LogP contribution < -0.4 is 5.43 Å². The van der Waals surface area contributed by atoms with Gasteiger partial charge in [0, 0.05) is 36.5 Å². The number of esters is 1. The number of carbonyl (C=O) groups is 2. The Bertz CT molecular complexity index is 968. The van der Waals surface area contributed by atoms with E-state index in [0.29, 0.717) is 16.3 Å². The van der Waals surface area contributed by atoms with Crippen LogP contribution >= 0.6 is 11.6 Å². The first kappa shape index (κ1) is 23.0. The van der Waals surface area contributed by atoms with Gasteiger partial charge in [0.25, 0.3) is 11.8 Å². The Morgan fingerprint density at radius 3 is 2.32 bits per heavy atom. The molecule has 0 spiro atoms. The van der Waals surface area contributed by atoms with Gasteiger partial charge in [-0.3, -0.25) is 10.2 Å². The second-order valence-electron chi connectivity index (χ2n) is 8.25. The number of hydrogen-bond donors (Lipinski definition) is 1. The van der Waals surface area contributed by atoms with Crippen molar-refractivity contribution in [3.63, 3.8) is 0 Å².